The SMILES string of the molecule is CN(c1cc(C2CC2)[nH]n1)c1ccnc(N2CC3(CO)CC2C3)n1. The molecular weight excluding hydrogens is 304 g/mol. The van der Waals surface area contributed by atoms with Gasteiger partial charge in [-0.3, -0.25) is 5.10 Å². The molecule has 0 amide bonds. The Balaban J connectivity index is 1.38. The quantitative estimate of drug-likeness (QED) is 0.872. The summed E-state index contributed by atoms with van der Waals surface area (Å²) in [6, 6.07) is 4.51. The van der Waals surface area contributed by atoms with E-state index in [9.17, 15) is 5.11 Å². The third-order valence-corrected chi connectivity index (χ3v) is 5.79. The van der Waals surface area contributed by atoms with E-state index in [0.717, 1.165) is 37.0 Å². The maximum atomic E-state index is 9.58. The molecule has 2 N–H and O–H groups in total. The smallest absolute Gasteiger partial charge is 0.227 e. The van der Waals surface area contributed by atoms with Gasteiger partial charge in [-0.2, -0.15) is 10.1 Å². The van der Waals surface area contributed by atoms with E-state index < -0.39 is 0 Å². The second kappa shape index (κ2) is 4.92. The first-order valence-electron chi connectivity index (χ1n) is 8.67. The van der Waals surface area contributed by atoms with Crippen LogP contribution in [-0.4, -0.2) is 51.5 Å². The summed E-state index contributed by atoms with van der Waals surface area (Å²) in [5.74, 6) is 3.15. The van der Waals surface area contributed by atoms with Crippen molar-refractivity contribution in [3.63, 3.8) is 0 Å². The van der Waals surface area contributed by atoms with Crippen LogP contribution in [0.1, 0.15) is 37.3 Å². The molecule has 24 heavy (non-hydrogen) atoms. The number of nitrogens with one attached hydrogen (secondary N) is 1. The molecule has 2 aromatic rings. The molecule has 2 aromatic heterocycles. The van der Waals surface area contributed by atoms with E-state index in [1.54, 1.807) is 0 Å². The Labute approximate surface area is 140 Å². The number of H-pyrrole nitrogens is 1. The van der Waals surface area contributed by atoms with Gasteiger partial charge in [-0.1, -0.05) is 0 Å². The number of aromatic amines is 1. The lowest BCUT2D eigenvalue weighted by Crippen LogP contribution is -2.37. The predicted octanol–water partition coefficient (Wildman–Crippen LogP) is 1.81. The average molecular weight is 326 g/mol. The van der Waals surface area contributed by atoms with Gasteiger partial charge in [-0.05, 0) is 31.7 Å². The van der Waals surface area contributed by atoms with Gasteiger partial charge in [0.15, 0.2) is 5.82 Å². The maximum absolute atomic E-state index is 9.58. The minimum Gasteiger partial charge on any atom is -0.396 e. The number of aromatic nitrogens is 4. The van der Waals surface area contributed by atoms with E-state index in [4.69, 9.17) is 4.98 Å². The topological polar surface area (TPSA) is 81.2 Å². The van der Waals surface area contributed by atoms with Crippen LogP contribution in [-0.2, 0) is 0 Å². The summed E-state index contributed by atoms with van der Waals surface area (Å²) < 4.78 is 0. The van der Waals surface area contributed by atoms with Crippen LogP contribution >= 0.6 is 0 Å². The van der Waals surface area contributed by atoms with Gasteiger partial charge in [-0.25, -0.2) is 4.98 Å². The van der Waals surface area contributed by atoms with Crippen LogP contribution in [0.2, 0.25) is 0 Å². The lowest BCUT2D eigenvalue weighted by Gasteiger charge is -2.34. The van der Waals surface area contributed by atoms with E-state index in [1.807, 2.05) is 24.2 Å². The summed E-state index contributed by atoms with van der Waals surface area (Å²) in [6.07, 6.45) is 6.43. The molecule has 2 aliphatic heterocycles. The fraction of sp³-hybridized carbons (Fsp3) is 0.588. The van der Waals surface area contributed by atoms with Gasteiger partial charge in [0.1, 0.15) is 5.82 Å². The number of nitrogens with zero attached hydrogens (tertiary/aromatic N) is 5. The summed E-state index contributed by atoms with van der Waals surface area (Å²) in [5, 5.41) is 17.1. The minimum atomic E-state index is 0.0806. The second-order valence-electron chi connectivity index (χ2n) is 7.58. The molecule has 7 heteroatoms. The monoisotopic (exact) mass is 326 g/mol. The highest BCUT2D eigenvalue weighted by Crippen LogP contribution is 2.52. The van der Waals surface area contributed by atoms with E-state index in [-0.39, 0.29) is 12.0 Å². The largest absolute Gasteiger partial charge is 0.396 e. The first-order valence-corrected chi connectivity index (χ1v) is 8.67. The maximum Gasteiger partial charge on any atom is 0.227 e. The molecule has 2 saturated carbocycles. The fourth-order valence-corrected chi connectivity index (χ4v) is 4.08. The Morgan fingerprint density at radius 3 is 2.92 bits per heavy atom. The highest BCUT2D eigenvalue weighted by Gasteiger charge is 2.55. The summed E-state index contributed by atoms with van der Waals surface area (Å²) in [6.45, 7) is 1.12. The molecule has 4 heterocycles. The Bertz CT molecular complexity index is 764. The molecule has 2 aliphatic carbocycles. The fourth-order valence-electron chi connectivity index (χ4n) is 4.08. The normalized spacial score (nSPS) is 28.1. The summed E-state index contributed by atoms with van der Waals surface area (Å²) >= 11 is 0. The van der Waals surface area contributed by atoms with Crippen molar-refractivity contribution in [2.45, 2.75) is 37.6 Å². The second-order valence-corrected chi connectivity index (χ2v) is 7.58. The summed E-state index contributed by atoms with van der Waals surface area (Å²) in [5.41, 5.74) is 1.30. The number of hydrogen-bond donors (Lipinski definition) is 2. The minimum absolute atomic E-state index is 0.0806. The van der Waals surface area contributed by atoms with Gasteiger partial charge in [0.2, 0.25) is 5.95 Å². The van der Waals surface area contributed by atoms with Crippen molar-refractivity contribution in [1.29, 1.82) is 0 Å². The van der Waals surface area contributed by atoms with Crippen LogP contribution in [0, 0.1) is 5.41 Å². The van der Waals surface area contributed by atoms with Crippen LogP contribution in [0.5, 0.6) is 0 Å². The number of aliphatic hydroxyl groups excluding tert-OH is 1. The molecule has 0 spiro atoms. The summed E-state index contributed by atoms with van der Waals surface area (Å²) in [7, 11) is 1.98. The zero-order chi connectivity index (χ0) is 16.3. The number of anilines is 3. The molecule has 0 radical (unpaired) electrons. The standard InChI is InChI=1S/C17H22N6O/c1-22(15-6-13(20-21-15)11-2-3-11)14-4-5-18-16(19-14)23-9-17(10-24)7-12(23)8-17/h4-6,11-12,24H,2-3,7-10H2,1H3,(H,20,21). The first-order chi connectivity index (χ1) is 11.7. The molecule has 126 valence electrons. The van der Waals surface area contributed by atoms with Crippen LogP contribution in [0.25, 0.3) is 0 Å². The third kappa shape index (κ3) is 2.11. The highest BCUT2D eigenvalue weighted by molar-refractivity contribution is 5.57. The number of aliphatic hydroxyl groups is 1. The van der Waals surface area contributed by atoms with E-state index in [1.165, 1.54) is 18.5 Å². The molecule has 0 unspecified atom stereocenters. The van der Waals surface area contributed by atoms with E-state index in [2.05, 4.69) is 26.1 Å². The Morgan fingerprint density at radius 2 is 2.21 bits per heavy atom. The molecular formula is C17H22N6O. The predicted molar refractivity (Wildman–Crippen MR) is 90.5 cm³/mol. The number of hydrogen-bond acceptors (Lipinski definition) is 6. The van der Waals surface area contributed by atoms with Gasteiger partial charge in [0.25, 0.3) is 0 Å². The molecule has 4 aliphatic rings. The van der Waals surface area contributed by atoms with Crippen LogP contribution < -0.4 is 9.80 Å². The third-order valence-electron chi connectivity index (χ3n) is 5.79. The molecule has 6 rings (SSSR count). The molecule has 0 aromatic carbocycles. The number of rotatable bonds is 5. The Hall–Kier alpha value is -2.15. The van der Waals surface area contributed by atoms with E-state index in [0.29, 0.717) is 12.0 Å². The number of fused-ring (bicyclic) bond motifs is 1. The van der Waals surface area contributed by atoms with Crippen molar-refractivity contribution in [2.24, 2.45) is 5.41 Å². The van der Waals surface area contributed by atoms with Crippen LogP contribution in [0.4, 0.5) is 17.6 Å². The van der Waals surface area contributed by atoms with Gasteiger partial charge in [0.05, 0.1) is 6.61 Å². The van der Waals surface area contributed by atoms with Gasteiger partial charge in [0, 0.05) is 48.9 Å². The highest BCUT2D eigenvalue weighted by atomic mass is 16.3. The lowest BCUT2D eigenvalue weighted by atomic mass is 9.71. The van der Waals surface area contributed by atoms with Gasteiger partial charge in [-0.15, -0.1) is 0 Å². The molecule has 2 saturated heterocycles. The Kier molecular flexibility index (Phi) is 2.92. The first kappa shape index (κ1) is 14.2. The molecule has 2 bridgehead atoms. The van der Waals surface area contributed by atoms with Crippen molar-refractivity contribution in [2.75, 3.05) is 30.0 Å². The molecule has 4 fully saturated rings. The van der Waals surface area contributed by atoms with Crippen molar-refractivity contribution in [1.82, 2.24) is 20.2 Å². The molecule has 7 nitrogen and oxygen atoms in total. The van der Waals surface area contributed by atoms with Crippen molar-refractivity contribution in [3.05, 3.63) is 24.0 Å². The van der Waals surface area contributed by atoms with Gasteiger partial charge >= 0.3 is 0 Å². The van der Waals surface area contributed by atoms with Gasteiger partial charge < -0.3 is 14.9 Å². The van der Waals surface area contributed by atoms with Crippen LogP contribution in [0.3, 0.4) is 0 Å². The summed E-state index contributed by atoms with van der Waals surface area (Å²) in [4.78, 5) is 13.4. The average Bonchev–Trinajstić information content (AvgIpc) is 3.07. The Morgan fingerprint density at radius 1 is 1.38 bits per heavy atom. The van der Waals surface area contributed by atoms with Crippen molar-refractivity contribution >= 4 is 17.6 Å². The van der Waals surface area contributed by atoms with E-state index >= 15 is 0 Å². The lowest BCUT2D eigenvalue weighted by molar-refractivity contribution is 0.0873. The van der Waals surface area contributed by atoms with Crippen molar-refractivity contribution < 1.29 is 5.11 Å². The zero-order valence-corrected chi connectivity index (χ0v) is 13.8. The zero-order valence-electron chi connectivity index (χ0n) is 13.8. The van der Waals surface area contributed by atoms with Crippen molar-refractivity contribution in [3.8, 4) is 0 Å². The molecule has 0 atom stereocenters. The van der Waals surface area contributed by atoms with Crippen LogP contribution in [0.15, 0.2) is 18.3 Å².